The van der Waals surface area contributed by atoms with E-state index in [2.05, 4.69) is 5.32 Å². The number of carbonyl (C=O) groups excluding carboxylic acids is 1. The van der Waals surface area contributed by atoms with Crippen LogP contribution in [0.15, 0.2) is 0 Å². The number of rotatable bonds is 9. The lowest BCUT2D eigenvalue weighted by atomic mass is 10.5. The summed E-state index contributed by atoms with van der Waals surface area (Å²) in [6.07, 6.45) is 0.0775. The first kappa shape index (κ1) is 14.3. The van der Waals surface area contributed by atoms with Crippen molar-refractivity contribution in [3.8, 4) is 0 Å². The highest BCUT2D eigenvalue weighted by molar-refractivity contribution is 5.77. The summed E-state index contributed by atoms with van der Waals surface area (Å²) >= 11 is 0. The highest BCUT2D eigenvalue weighted by atomic mass is 16.5. The Kier molecular flexibility index (Phi) is 9.46. The number of carbonyl (C=O) groups is 1. The largest absolute Gasteiger partial charge is 0.382 e. The van der Waals surface area contributed by atoms with Gasteiger partial charge in [-0.05, 0) is 13.8 Å². The lowest BCUT2D eigenvalue weighted by molar-refractivity contribution is -0.127. The van der Waals surface area contributed by atoms with Gasteiger partial charge in [-0.2, -0.15) is 0 Å². The Morgan fingerprint density at radius 2 is 2.00 bits per heavy atom. The van der Waals surface area contributed by atoms with Gasteiger partial charge in [0.25, 0.3) is 0 Å². The highest BCUT2D eigenvalue weighted by Crippen LogP contribution is 1.86. The zero-order chi connectivity index (χ0) is 11.5. The molecular weight excluding hydrogens is 198 g/mol. The van der Waals surface area contributed by atoms with Crippen LogP contribution < -0.4 is 5.32 Å². The summed E-state index contributed by atoms with van der Waals surface area (Å²) in [7, 11) is 1.62. The summed E-state index contributed by atoms with van der Waals surface area (Å²) in [4.78, 5) is 11.1. The van der Waals surface area contributed by atoms with Crippen molar-refractivity contribution in [3.63, 3.8) is 0 Å². The maximum absolute atomic E-state index is 11.1. The lowest BCUT2D eigenvalue weighted by Gasteiger charge is -2.08. The van der Waals surface area contributed by atoms with Gasteiger partial charge in [0.2, 0.25) is 5.91 Å². The molecule has 0 aliphatic carbocycles. The van der Waals surface area contributed by atoms with Gasteiger partial charge >= 0.3 is 0 Å². The van der Waals surface area contributed by atoms with Crippen LogP contribution in [0.5, 0.6) is 0 Å². The van der Waals surface area contributed by atoms with E-state index in [9.17, 15) is 4.79 Å². The number of amides is 1. The van der Waals surface area contributed by atoms with Gasteiger partial charge in [0.05, 0.1) is 25.9 Å². The van der Waals surface area contributed by atoms with Crippen molar-refractivity contribution < 1.29 is 19.0 Å². The van der Waals surface area contributed by atoms with Gasteiger partial charge in [-0.1, -0.05) is 0 Å². The third kappa shape index (κ3) is 11.3. The third-order valence-corrected chi connectivity index (χ3v) is 1.55. The molecule has 0 unspecified atom stereocenters. The molecular formula is C10H21NO4. The predicted octanol–water partition coefficient (Wildman–Crippen LogP) is 0.191. The molecule has 0 aliphatic rings. The van der Waals surface area contributed by atoms with Crippen molar-refractivity contribution in [3.05, 3.63) is 0 Å². The van der Waals surface area contributed by atoms with E-state index in [0.717, 1.165) is 0 Å². The normalized spacial score (nSPS) is 10.7. The van der Waals surface area contributed by atoms with Gasteiger partial charge in [0, 0.05) is 13.7 Å². The van der Waals surface area contributed by atoms with Gasteiger partial charge in [0.1, 0.15) is 6.61 Å². The quantitative estimate of drug-likeness (QED) is 0.562. The Morgan fingerprint density at radius 3 is 2.60 bits per heavy atom. The molecule has 90 valence electrons. The van der Waals surface area contributed by atoms with E-state index in [4.69, 9.17) is 14.2 Å². The van der Waals surface area contributed by atoms with Crippen LogP contribution in [-0.4, -0.2) is 52.1 Å². The number of nitrogens with one attached hydrogen (secondary N) is 1. The van der Waals surface area contributed by atoms with Crippen molar-refractivity contribution in [2.45, 2.75) is 20.0 Å². The first-order chi connectivity index (χ1) is 7.16. The fraction of sp³-hybridized carbons (Fsp3) is 0.900. The Labute approximate surface area is 91.1 Å². The van der Waals surface area contributed by atoms with E-state index in [0.29, 0.717) is 26.4 Å². The maximum Gasteiger partial charge on any atom is 0.246 e. The SMILES string of the molecule is COCCOCCNC(=O)COC(C)C. The Hall–Kier alpha value is -0.650. The Morgan fingerprint density at radius 1 is 1.27 bits per heavy atom. The van der Waals surface area contributed by atoms with Gasteiger partial charge in [-0.25, -0.2) is 0 Å². The standard InChI is InChI=1S/C10H21NO4/c1-9(2)15-8-10(12)11-4-5-14-7-6-13-3/h9H,4-8H2,1-3H3,(H,11,12). The lowest BCUT2D eigenvalue weighted by Crippen LogP contribution is -2.31. The molecule has 0 heterocycles. The minimum Gasteiger partial charge on any atom is -0.382 e. The molecule has 0 aromatic carbocycles. The van der Waals surface area contributed by atoms with E-state index < -0.39 is 0 Å². The van der Waals surface area contributed by atoms with Crippen LogP contribution >= 0.6 is 0 Å². The molecule has 1 N–H and O–H groups in total. The fourth-order valence-corrected chi connectivity index (χ4v) is 0.800. The second kappa shape index (κ2) is 9.89. The Balaban J connectivity index is 3.17. The summed E-state index contributed by atoms with van der Waals surface area (Å²) < 4.78 is 15.1. The first-order valence-electron chi connectivity index (χ1n) is 5.11. The number of ether oxygens (including phenoxy) is 3. The maximum atomic E-state index is 11.1. The molecule has 0 atom stereocenters. The van der Waals surface area contributed by atoms with Gasteiger partial charge in [0.15, 0.2) is 0 Å². The molecule has 0 saturated heterocycles. The summed E-state index contributed by atoms with van der Waals surface area (Å²) in [5.74, 6) is -0.112. The van der Waals surface area contributed by atoms with Crippen LogP contribution in [0.4, 0.5) is 0 Å². The van der Waals surface area contributed by atoms with Gasteiger partial charge < -0.3 is 19.5 Å². The molecule has 15 heavy (non-hydrogen) atoms. The summed E-state index contributed by atoms with van der Waals surface area (Å²) in [6, 6.07) is 0. The molecule has 0 saturated carbocycles. The molecule has 0 aliphatic heterocycles. The zero-order valence-corrected chi connectivity index (χ0v) is 9.75. The summed E-state index contributed by atoms with van der Waals surface area (Å²) in [6.45, 7) is 6.01. The van der Waals surface area contributed by atoms with Crippen LogP contribution in [0.25, 0.3) is 0 Å². The molecule has 0 aromatic rings. The predicted molar refractivity (Wildman–Crippen MR) is 56.8 cm³/mol. The van der Waals surface area contributed by atoms with Crippen molar-refractivity contribution in [1.29, 1.82) is 0 Å². The molecule has 0 fully saturated rings. The van der Waals surface area contributed by atoms with E-state index in [-0.39, 0.29) is 18.6 Å². The van der Waals surface area contributed by atoms with Crippen molar-refractivity contribution in [2.24, 2.45) is 0 Å². The van der Waals surface area contributed by atoms with Crippen LogP contribution in [0, 0.1) is 0 Å². The van der Waals surface area contributed by atoms with E-state index in [1.165, 1.54) is 0 Å². The third-order valence-electron chi connectivity index (χ3n) is 1.55. The average molecular weight is 219 g/mol. The topological polar surface area (TPSA) is 56.8 Å². The van der Waals surface area contributed by atoms with Crippen molar-refractivity contribution in [2.75, 3.05) is 40.1 Å². The molecule has 0 aromatic heterocycles. The van der Waals surface area contributed by atoms with E-state index >= 15 is 0 Å². The number of hydrogen-bond acceptors (Lipinski definition) is 4. The highest BCUT2D eigenvalue weighted by Gasteiger charge is 2.01. The second-order valence-electron chi connectivity index (χ2n) is 3.31. The van der Waals surface area contributed by atoms with Crippen LogP contribution in [0.1, 0.15) is 13.8 Å². The smallest absolute Gasteiger partial charge is 0.246 e. The zero-order valence-electron chi connectivity index (χ0n) is 9.75. The first-order valence-corrected chi connectivity index (χ1v) is 5.11. The van der Waals surface area contributed by atoms with E-state index in [1.54, 1.807) is 7.11 Å². The molecule has 5 heteroatoms. The minimum absolute atomic E-state index is 0.0775. The fourth-order valence-electron chi connectivity index (χ4n) is 0.800. The van der Waals surface area contributed by atoms with Gasteiger partial charge in [-0.3, -0.25) is 4.79 Å². The Bertz CT molecular complexity index is 162. The van der Waals surface area contributed by atoms with Crippen LogP contribution in [0.2, 0.25) is 0 Å². The second-order valence-corrected chi connectivity index (χ2v) is 3.31. The van der Waals surface area contributed by atoms with E-state index in [1.807, 2.05) is 13.8 Å². The molecule has 0 rings (SSSR count). The summed E-state index contributed by atoms with van der Waals surface area (Å²) in [5.41, 5.74) is 0. The molecule has 0 radical (unpaired) electrons. The molecule has 0 bridgehead atoms. The number of methoxy groups -OCH3 is 1. The van der Waals surface area contributed by atoms with Crippen molar-refractivity contribution >= 4 is 5.91 Å². The van der Waals surface area contributed by atoms with Crippen LogP contribution in [-0.2, 0) is 19.0 Å². The summed E-state index contributed by atoms with van der Waals surface area (Å²) in [5, 5.41) is 2.69. The van der Waals surface area contributed by atoms with Gasteiger partial charge in [-0.15, -0.1) is 0 Å². The van der Waals surface area contributed by atoms with Crippen LogP contribution in [0.3, 0.4) is 0 Å². The minimum atomic E-state index is -0.112. The molecule has 0 spiro atoms. The van der Waals surface area contributed by atoms with Crippen molar-refractivity contribution in [1.82, 2.24) is 5.32 Å². The molecule has 5 nitrogen and oxygen atoms in total. The number of hydrogen-bond donors (Lipinski definition) is 1. The molecule has 1 amide bonds. The average Bonchev–Trinajstić information content (AvgIpc) is 2.20. The monoisotopic (exact) mass is 219 g/mol.